The zero-order valence-electron chi connectivity index (χ0n) is 22.1. The molecule has 0 aliphatic carbocycles. The van der Waals surface area contributed by atoms with E-state index in [1.54, 1.807) is 44.4 Å². The van der Waals surface area contributed by atoms with Crippen LogP contribution in [0, 0.1) is 17.0 Å². The number of rotatable bonds is 8. The summed E-state index contributed by atoms with van der Waals surface area (Å²) in [6.07, 6.45) is 0.538. The molecule has 1 N–H and O–H groups in total. The standard InChI is InChI=1S/C26H31FN4O6S/c1-17-24(18-8-7-9-21(14-18)38(35,36)29(5)6)22-15-20(31(33)34)10-11-23(22)30(17)16-19(27)12-13-28-25(32)37-26(2,3)4/h7-12,14-15H,13,16H2,1-6H3,(H,28,32)/b19-12-. The molecule has 0 saturated heterocycles. The minimum absolute atomic E-state index is 0.0602. The number of carbonyl (C=O) groups excluding carboxylic acids is 1. The fraction of sp³-hybridized carbons (Fsp3) is 0.346. The van der Waals surface area contributed by atoms with Crippen LogP contribution in [-0.4, -0.2) is 54.5 Å². The Morgan fingerprint density at radius 2 is 1.89 bits per heavy atom. The first-order valence-electron chi connectivity index (χ1n) is 11.7. The number of alkyl carbamates (subject to hydrolysis) is 1. The number of aromatic nitrogens is 1. The van der Waals surface area contributed by atoms with Gasteiger partial charge in [0.1, 0.15) is 11.4 Å². The molecular formula is C26H31FN4O6S. The van der Waals surface area contributed by atoms with Crippen molar-refractivity contribution in [2.45, 2.75) is 44.7 Å². The van der Waals surface area contributed by atoms with Crippen LogP contribution in [0.15, 0.2) is 59.3 Å². The lowest BCUT2D eigenvalue weighted by molar-refractivity contribution is -0.384. The molecule has 12 heteroatoms. The number of nitrogens with one attached hydrogen (secondary N) is 1. The van der Waals surface area contributed by atoms with Gasteiger partial charge in [-0.25, -0.2) is 21.9 Å². The number of fused-ring (bicyclic) bond motifs is 1. The van der Waals surface area contributed by atoms with Crippen LogP contribution in [0.3, 0.4) is 0 Å². The number of nitro benzene ring substituents is 1. The molecule has 0 aliphatic rings. The molecule has 0 spiro atoms. The van der Waals surface area contributed by atoms with Gasteiger partial charge >= 0.3 is 6.09 Å². The number of ether oxygens (including phenoxy) is 1. The van der Waals surface area contributed by atoms with Gasteiger partial charge in [0.05, 0.1) is 16.4 Å². The van der Waals surface area contributed by atoms with E-state index in [1.807, 2.05) is 0 Å². The lowest BCUT2D eigenvalue weighted by atomic mass is 10.0. The van der Waals surface area contributed by atoms with Gasteiger partial charge in [0.25, 0.3) is 5.69 Å². The maximum absolute atomic E-state index is 15.0. The number of hydrogen-bond donors (Lipinski definition) is 1. The maximum atomic E-state index is 15.0. The number of sulfonamides is 1. The molecule has 3 aromatic rings. The van der Waals surface area contributed by atoms with Crippen molar-refractivity contribution in [3.63, 3.8) is 0 Å². The van der Waals surface area contributed by atoms with Crippen LogP contribution < -0.4 is 5.32 Å². The second-order valence-corrected chi connectivity index (χ2v) is 12.0. The van der Waals surface area contributed by atoms with Crippen LogP contribution in [0.5, 0.6) is 0 Å². The van der Waals surface area contributed by atoms with E-state index in [1.165, 1.54) is 50.5 Å². The Morgan fingerprint density at radius 3 is 2.50 bits per heavy atom. The van der Waals surface area contributed by atoms with Crippen LogP contribution in [0.25, 0.3) is 22.0 Å². The molecule has 3 rings (SSSR count). The van der Waals surface area contributed by atoms with Crippen molar-refractivity contribution >= 4 is 32.7 Å². The molecular weight excluding hydrogens is 515 g/mol. The Labute approximate surface area is 220 Å². The number of non-ortho nitro benzene ring substituents is 1. The van der Waals surface area contributed by atoms with Gasteiger partial charge < -0.3 is 14.6 Å². The van der Waals surface area contributed by atoms with Crippen molar-refractivity contribution in [1.29, 1.82) is 0 Å². The van der Waals surface area contributed by atoms with E-state index in [2.05, 4.69) is 5.32 Å². The number of nitro groups is 1. The van der Waals surface area contributed by atoms with E-state index in [0.29, 0.717) is 27.7 Å². The molecule has 0 radical (unpaired) electrons. The van der Waals surface area contributed by atoms with Crippen molar-refractivity contribution in [3.8, 4) is 11.1 Å². The Kier molecular flexibility index (Phi) is 8.27. The Balaban J connectivity index is 2.05. The van der Waals surface area contributed by atoms with Gasteiger partial charge in [-0.2, -0.15) is 0 Å². The van der Waals surface area contributed by atoms with Gasteiger partial charge in [-0.15, -0.1) is 0 Å². The largest absolute Gasteiger partial charge is 0.444 e. The topological polar surface area (TPSA) is 124 Å². The minimum atomic E-state index is -3.73. The highest BCUT2D eigenvalue weighted by Crippen LogP contribution is 2.38. The molecule has 0 fully saturated rings. The molecule has 1 heterocycles. The first kappa shape index (κ1) is 28.8. The highest BCUT2D eigenvalue weighted by atomic mass is 32.2. The van der Waals surface area contributed by atoms with Gasteiger partial charge in [-0.3, -0.25) is 10.1 Å². The third-order valence-corrected chi connectivity index (χ3v) is 7.51. The van der Waals surface area contributed by atoms with E-state index in [0.717, 1.165) is 4.31 Å². The molecule has 38 heavy (non-hydrogen) atoms. The third-order valence-electron chi connectivity index (χ3n) is 5.70. The van der Waals surface area contributed by atoms with Crippen LogP contribution in [-0.2, 0) is 21.3 Å². The minimum Gasteiger partial charge on any atom is -0.444 e. The fourth-order valence-corrected chi connectivity index (χ4v) is 4.90. The van der Waals surface area contributed by atoms with Crippen molar-refractivity contribution in [2.24, 2.45) is 0 Å². The van der Waals surface area contributed by atoms with Gasteiger partial charge in [0, 0.05) is 54.9 Å². The zero-order valence-corrected chi connectivity index (χ0v) is 22.9. The molecule has 0 unspecified atom stereocenters. The fourth-order valence-electron chi connectivity index (χ4n) is 3.95. The maximum Gasteiger partial charge on any atom is 0.407 e. The summed E-state index contributed by atoms with van der Waals surface area (Å²) in [6, 6.07) is 10.5. The molecule has 204 valence electrons. The predicted octanol–water partition coefficient (Wildman–Crippen LogP) is 5.15. The number of hydrogen-bond acceptors (Lipinski definition) is 6. The summed E-state index contributed by atoms with van der Waals surface area (Å²) < 4.78 is 48.3. The molecule has 0 atom stereocenters. The summed E-state index contributed by atoms with van der Waals surface area (Å²) in [5, 5.41) is 14.4. The first-order valence-corrected chi connectivity index (χ1v) is 13.2. The lowest BCUT2D eigenvalue weighted by Crippen LogP contribution is -2.32. The number of carbonyl (C=O) groups is 1. The number of halogens is 1. The molecule has 0 bridgehead atoms. The van der Waals surface area contributed by atoms with Gasteiger partial charge in [-0.05, 0) is 57.5 Å². The van der Waals surface area contributed by atoms with Crippen molar-refractivity contribution in [2.75, 3.05) is 20.6 Å². The number of allylic oxidation sites excluding steroid dienone is 1. The number of nitrogens with zero attached hydrogens (tertiary/aromatic N) is 3. The number of benzene rings is 2. The second kappa shape index (κ2) is 10.9. The molecule has 2 aromatic carbocycles. The highest BCUT2D eigenvalue weighted by molar-refractivity contribution is 7.89. The SMILES string of the molecule is Cc1c(-c2cccc(S(=O)(=O)N(C)C)c2)c2cc([N+](=O)[O-])ccc2n1C/C(F)=C/CNC(=O)OC(C)(C)C. The molecule has 0 aliphatic heterocycles. The first-order chi connectivity index (χ1) is 17.6. The van der Waals surface area contributed by atoms with Gasteiger partial charge in [0.2, 0.25) is 10.0 Å². The average Bonchev–Trinajstić information content (AvgIpc) is 3.08. The van der Waals surface area contributed by atoms with E-state index < -0.39 is 32.5 Å². The van der Waals surface area contributed by atoms with Crippen molar-refractivity contribution in [3.05, 3.63) is 70.2 Å². The summed E-state index contributed by atoms with van der Waals surface area (Å²) >= 11 is 0. The summed E-state index contributed by atoms with van der Waals surface area (Å²) in [7, 11) is -0.880. The normalized spacial score (nSPS) is 12.7. The third kappa shape index (κ3) is 6.37. The Bertz CT molecular complexity index is 1520. The lowest BCUT2D eigenvalue weighted by Gasteiger charge is -2.19. The zero-order chi connectivity index (χ0) is 28.4. The summed E-state index contributed by atoms with van der Waals surface area (Å²) in [5.74, 6) is -0.546. The highest BCUT2D eigenvalue weighted by Gasteiger charge is 2.22. The van der Waals surface area contributed by atoms with Crippen molar-refractivity contribution in [1.82, 2.24) is 14.2 Å². The van der Waals surface area contributed by atoms with E-state index in [-0.39, 0.29) is 23.7 Å². The Morgan fingerprint density at radius 1 is 1.21 bits per heavy atom. The molecule has 1 amide bonds. The van der Waals surface area contributed by atoms with E-state index >= 15 is 0 Å². The smallest absolute Gasteiger partial charge is 0.407 e. The van der Waals surface area contributed by atoms with Crippen LogP contribution >= 0.6 is 0 Å². The summed E-state index contributed by atoms with van der Waals surface area (Å²) in [5.41, 5.74) is 1.36. The monoisotopic (exact) mass is 546 g/mol. The Hall–Kier alpha value is -3.77. The molecule has 1 aromatic heterocycles. The van der Waals surface area contributed by atoms with Gasteiger partial charge in [-0.1, -0.05) is 12.1 Å². The second-order valence-electron chi connectivity index (χ2n) is 9.85. The van der Waals surface area contributed by atoms with E-state index in [4.69, 9.17) is 4.74 Å². The van der Waals surface area contributed by atoms with Crippen LogP contribution in [0.1, 0.15) is 26.5 Å². The van der Waals surface area contributed by atoms with Gasteiger partial charge in [0.15, 0.2) is 0 Å². The summed E-state index contributed by atoms with van der Waals surface area (Å²) in [4.78, 5) is 22.8. The summed E-state index contributed by atoms with van der Waals surface area (Å²) in [6.45, 7) is 6.59. The molecule has 0 saturated carbocycles. The van der Waals surface area contributed by atoms with Crippen molar-refractivity contribution < 1.29 is 27.3 Å². The molecule has 10 nitrogen and oxygen atoms in total. The van der Waals surface area contributed by atoms with E-state index in [9.17, 15) is 27.7 Å². The predicted molar refractivity (Wildman–Crippen MR) is 143 cm³/mol. The van der Waals surface area contributed by atoms with Crippen LogP contribution in [0.2, 0.25) is 0 Å². The average molecular weight is 547 g/mol. The quantitative estimate of drug-likeness (QED) is 0.308. The van der Waals surface area contributed by atoms with Crippen LogP contribution in [0.4, 0.5) is 14.9 Å². The number of amides is 1.